The molecule has 1 aromatic heterocycles. The first-order valence-corrected chi connectivity index (χ1v) is 5.81. The zero-order chi connectivity index (χ0) is 12.5. The number of pyridine rings is 1. The first kappa shape index (κ1) is 13.4. The van der Waals surface area contributed by atoms with Gasteiger partial charge in [-0.05, 0) is 25.0 Å². The summed E-state index contributed by atoms with van der Waals surface area (Å²) >= 11 is 0. The maximum Gasteiger partial charge on any atom is 0.250 e. The lowest BCUT2D eigenvalue weighted by molar-refractivity contribution is 0.1000. The van der Waals surface area contributed by atoms with E-state index in [1.165, 1.54) is 6.20 Å². The SMILES string of the molecule is CCCOCCCNc1ccc(C(N)=O)cn1. The fourth-order valence-corrected chi connectivity index (χ4v) is 1.28. The molecule has 0 fully saturated rings. The predicted octanol–water partition coefficient (Wildman–Crippen LogP) is 1.41. The molecule has 5 nitrogen and oxygen atoms in total. The van der Waals surface area contributed by atoms with Crippen LogP contribution in [-0.4, -0.2) is 30.6 Å². The summed E-state index contributed by atoms with van der Waals surface area (Å²) in [4.78, 5) is 14.9. The molecule has 0 unspecified atom stereocenters. The number of amides is 1. The molecule has 1 rings (SSSR count). The zero-order valence-electron chi connectivity index (χ0n) is 10.1. The van der Waals surface area contributed by atoms with Crippen molar-refractivity contribution in [1.29, 1.82) is 0 Å². The lowest BCUT2D eigenvalue weighted by atomic mass is 10.3. The third-order valence-corrected chi connectivity index (χ3v) is 2.17. The second-order valence-electron chi connectivity index (χ2n) is 3.69. The molecule has 0 radical (unpaired) electrons. The summed E-state index contributed by atoms with van der Waals surface area (Å²) in [5.41, 5.74) is 5.53. The van der Waals surface area contributed by atoms with E-state index in [9.17, 15) is 4.79 Å². The highest BCUT2D eigenvalue weighted by Gasteiger charge is 2.00. The van der Waals surface area contributed by atoms with Crippen LogP contribution in [0.2, 0.25) is 0 Å². The van der Waals surface area contributed by atoms with Gasteiger partial charge in [0.1, 0.15) is 5.82 Å². The Morgan fingerprint density at radius 2 is 2.29 bits per heavy atom. The second-order valence-corrected chi connectivity index (χ2v) is 3.69. The van der Waals surface area contributed by atoms with E-state index in [1.807, 2.05) is 0 Å². The Labute approximate surface area is 101 Å². The number of hydrogen-bond donors (Lipinski definition) is 2. The van der Waals surface area contributed by atoms with Crippen LogP contribution < -0.4 is 11.1 Å². The van der Waals surface area contributed by atoms with Crippen molar-refractivity contribution in [1.82, 2.24) is 4.98 Å². The van der Waals surface area contributed by atoms with Gasteiger partial charge in [-0.3, -0.25) is 4.79 Å². The Hall–Kier alpha value is -1.62. The van der Waals surface area contributed by atoms with Crippen LogP contribution in [0.1, 0.15) is 30.1 Å². The highest BCUT2D eigenvalue weighted by atomic mass is 16.5. The van der Waals surface area contributed by atoms with Gasteiger partial charge in [0.2, 0.25) is 5.91 Å². The van der Waals surface area contributed by atoms with Gasteiger partial charge in [-0.1, -0.05) is 6.92 Å². The lowest BCUT2D eigenvalue weighted by Crippen LogP contribution is -2.12. The van der Waals surface area contributed by atoms with Gasteiger partial charge in [-0.15, -0.1) is 0 Å². The number of aromatic nitrogens is 1. The summed E-state index contributed by atoms with van der Waals surface area (Å²) < 4.78 is 5.35. The number of nitrogens with one attached hydrogen (secondary N) is 1. The van der Waals surface area contributed by atoms with Crippen LogP contribution in [0, 0.1) is 0 Å². The van der Waals surface area contributed by atoms with Crippen molar-refractivity contribution in [3.8, 4) is 0 Å². The monoisotopic (exact) mass is 237 g/mol. The quantitative estimate of drug-likeness (QED) is 0.670. The number of carbonyl (C=O) groups is 1. The van der Waals surface area contributed by atoms with Crippen molar-refractivity contribution in [3.63, 3.8) is 0 Å². The molecule has 94 valence electrons. The number of rotatable bonds is 8. The van der Waals surface area contributed by atoms with Crippen LogP contribution in [0.5, 0.6) is 0 Å². The zero-order valence-corrected chi connectivity index (χ0v) is 10.1. The normalized spacial score (nSPS) is 10.2. The van der Waals surface area contributed by atoms with Crippen LogP contribution in [-0.2, 0) is 4.74 Å². The Balaban J connectivity index is 2.21. The highest BCUT2D eigenvalue weighted by molar-refractivity contribution is 5.92. The minimum absolute atomic E-state index is 0.418. The molecule has 0 saturated heterocycles. The summed E-state index contributed by atoms with van der Waals surface area (Å²) in [5.74, 6) is 0.280. The van der Waals surface area contributed by atoms with Gasteiger partial charge in [0.15, 0.2) is 0 Å². The Morgan fingerprint density at radius 3 is 2.88 bits per heavy atom. The average Bonchev–Trinajstić information content (AvgIpc) is 2.34. The molecule has 0 bridgehead atoms. The molecule has 5 heteroatoms. The van der Waals surface area contributed by atoms with Gasteiger partial charge in [-0.25, -0.2) is 4.98 Å². The standard InChI is InChI=1S/C12H19N3O2/c1-2-7-17-8-3-6-14-11-5-4-10(9-15-11)12(13)16/h4-5,9H,2-3,6-8H2,1H3,(H2,13,16)(H,14,15). The largest absolute Gasteiger partial charge is 0.381 e. The molecule has 1 amide bonds. The first-order chi connectivity index (χ1) is 8.24. The van der Waals surface area contributed by atoms with Crippen LogP contribution in [0.15, 0.2) is 18.3 Å². The fourth-order valence-electron chi connectivity index (χ4n) is 1.28. The maximum atomic E-state index is 10.8. The minimum Gasteiger partial charge on any atom is -0.381 e. The number of nitrogens with zero attached hydrogens (tertiary/aromatic N) is 1. The number of hydrogen-bond acceptors (Lipinski definition) is 4. The summed E-state index contributed by atoms with van der Waals surface area (Å²) in [6, 6.07) is 3.40. The van der Waals surface area contributed by atoms with E-state index in [-0.39, 0.29) is 0 Å². The van der Waals surface area contributed by atoms with Gasteiger partial charge in [0.25, 0.3) is 0 Å². The summed E-state index contributed by atoms with van der Waals surface area (Å²) in [6.07, 6.45) is 3.45. The molecule has 3 N–H and O–H groups in total. The number of ether oxygens (including phenoxy) is 1. The third kappa shape index (κ3) is 5.31. The van der Waals surface area contributed by atoms with E-state index in [2.05, 4.69) is 17.2 Å². The topological polar surface area (TPSA) is 77.2 Å². The number of nitrogens with two attached hydrogens (primary N) is 1. The minimum atomic E-state index is -0.461. The second kappa shape index (κ2) is 7.62. The smallest absolute Gasteiger partial charge is 0.250 e. The van der Waals surface area contributed by atoms with Crippen molar-refractivity contribution in [2.75, 3.05) is 25.1 Å². The fraction of sp³-hybridized carbons (Fsp3) is 0.500. The van der Waals surface area contributed by atoms with E-state index < -0.39 is 5.91 Å². The summed E-state index contributed by atoms with van der Waals surface area (Å²) in [6.45, 7) is 4.45. The molecule has 0 spiro atoms. The van der Waals surface area contributed by atoms with Gasteiger partial charge in [0, 0.05) is 26.0 Å². The van der Waals surface area contributed by atoms with Gasteiger partial charge in [-0.2, -0.15) is 0 Å². The first-order valence-electron chi connectivity index (χ1n) is 5.81. The third-order valence-electron chi connectivity index (χ3n) is 2.17. The number of primary amides is 1. The molecular formula is C12H19N3O2. The highest BCUT2D eigenvalue weighted by Crippen LogP contribution is 2.04. The molecule has 0 aromatic carbocycles. The van der Waals surface area contributed by atoms with Crippen LogP contribution in [0.25, 0.3) is 0 Å². The van der Waals surface area contributed by atoms with Crippen molar-refractivity contribution in [2.24, 2.45) is 5.73 Å². The maximum absolute atomic E-state index is 10.8. The molecule has 1 aromatic rings. The summed E-state index contributed by atoms with van der Waals surface area (Å²) in [7, 11) is 0. The van der Waals surface area contributed by atoms with E-state index >= 15 is 0 Å². The Morgan fingerprint density at radius 1 is 1.47 bits per heavy atom. The molecule has 0 atom stereocenters. The molecule has 1 heterocycles. The predicted molar refractivity (Wildman–Crippen MR) is 67.0 cm³/mol. The molecular weight excluding hydrogens is 218 g/mol. The van der Waals surface area contributed by atoms with Crippen molar-refractivity contribution in [2.45, 2.75) is 19.8 Å². The van der Waals surface area contributed by atoms with Gasteiger partial charge in [0.05, 0.1) is 5.56 Å². The lowest BCUT2D eigenvalue weighted by Gasteiger charge is -2.06. The van der Waals surface area contributed by atoms with Crippen molar-refractivity contribution >= 4 is 11.7 Å². The van der Waals surface area contributed by atoms with E-state index in [1.54, 1.807) is 12.1 Å². The number of carbonyl (C=O) groups excluding carboxylic acids is 1. The average molecular weight is 237 g/mol. The van der Waals surface area contributed by atoms with Crippen LogP contribution in [0.3, 0.4) is 0 Å². The molecule has 0 aliphatic carbocycles. The number of anilines is 1. The summed E-state index contributed by atoms with van der Waals surface area (Å²) in [5, 5.41) is 3.14. The van der Waals surface area contributed by atoms with Crippen LogP contribution in [0.4, 0.5) is 5.82 Å². The van der Waals surface area contributed by atoms with Gasteiger partial charge < -0.3 is 15.8 Å². The molecule has 0 aliphatic rings. The van der Waals surface area contributed by atoms with Crippen LogP contribution >= 0.6 is 0 Å². The molecule has 0 saturated carbocycles. The van der Waals surface area contributed by atoms with E-state index in [0.717, 1.165) is 38.4 Å². The van der Waals surface area contributed by atoms with Gasteiger partial charge >= 0.3 is 0 Å². The Bertz CT molecular complexity index is 338. The Kier molecular flexibility index (Phi) is 6.03. The van der Waals surface area contributed by atoms with E-state index in [4.69, 9.17) is 10.5 Å². The van der Waals surface area contributed by atoms with Crippen molar-refractivity contribution < 1.29 is 9.53 Å². The van der Waals surface area contributed by atoms with Crippen molar-refractivity contribution in [3.05, 3.63) is 23.9 Å². The van der Waals surface area contributed by atoms with E-state index in [0.29, 0.717) is 5.56 Å². The molecule has 17 heavy (non-hydrogen) atoms. The molecule has 0 aliphatic heterocycles.